The Labute approximate surface area is 116 Å². The van der Waals surface area contributed by atoms with Crippen LogP contribution in [-0.4, -0.2) is 29.9 Å². The highest BCUT2D eigenvalue weighted by molar-refractivity contribution is 5.78. The quantitative estimate of drug-likeness (QED) is 0.882. The van der Waals surface area contributed by atoms with E-state index in [-0.39, 0.29) is 11.8 Å². The summed E-state index contributed by atoms with van der Waals surface area (Å²) in [6, 6.07) is 10.8. The van der Waals surface area contributed by atoms with Crippen LogP contribution in [-0.2, 0) is 11.3 Å². The maximum absolute atomic E-state index is 11.9. The van der Waals surface area contributed by atoms with Crippen molar-refractivity contribution < 1.29 is 4.79 Å². The first-order valence-electron chi connectivity index (χ1n) is 7.25. The molecule has 1 fully saturated rings. The fourth-order valence-corrected chi connectivity index (χ4v) is 2.46. The molecule has 2 rings (SSSR count). The maximum atomic E-state index is 11.9. The predicted octanol–water partition coefficient (Wildman–Crippen LogP) is 2.42. The highest BCUT2D eigenvalue weighted by Crippen LogP contribution is 2.14. The topological polar surface area (TPSA) is 32.3 Å². The summed E-state index contributed by atoms with van der Waals surface area (Å²) in [6.07, 6.45) is 1.97. The van der Waals surface area contributed by atoms with Crippen LogP contribution in [0.1, 0.15) is 32.3 Å². The van der Waals surface area contributed by atoms with E-state index in [1.165, 1.54) is 5.56 Å². The van der Waals surface area contributed by atoms with Crippen molar-refractivity contribution in [3.8, 4) is 0 Å². The van der Waals surface area contributed by atoms with Crippen LogP contribution in [0.5, 0.6) is 0 Å². The second-order valence-corrected chi connectivity index (χ2v) is 5.52. The lowest BCUT2D eigenvalue weighted by Gasteiger charge is -2.18. The number of nitrogens with zero attached hydrogens (tertiary/aromatic N) is 1. The number of amides is 1. The van der Waals surface area contributed by atoms with Crippen molar-refractivity contribution in [2.75, 3.05) is 13.1 Å². The molecule has 1 saturated heterocycles. The van der Waals surface area contributed by atoms with E-state index in [4.69, 9.17) is 0 Å². The summed E-state index contributed by atoms with van der Waals surface area (Å²) in [6.45, 7) is 7.07. The first-order valence-corrected chi connectivity index (χ1v) is 7.25. The molecule has 0 radical (unpaired) electrons. The smallest absolute Gasteiger partial charge is 0.223 e. The molecular formula is C16H24N2O. The maximum Gasteiger partial charge on any atom is 0.223 e. The average Bonchev–Trinajstić information content (AvgIpc) is 2.86. The molecule has 0 unspecified atom stereocenters. The molecule has 2 atom stereocenters. The zero-order valence-electron chi connectivity index (χ0n) is 11.9. The molecule has 104 valence electrons. The molecular weight excluding hydrogens is 236 g/mol. The summed E-state index contributed by atoms with van der Waals surface area (Å²) in [5.74, 6) is 0.331. The zero-order chi connectivity index (χ0) is 13.7. The number of likely N-dealkylation sites (tertiary alicyclic amines) is 1. The first kappa shape index (κ1) is 14.1. The minimum absolute atomic E-state index is 0.128. The van der Waals surface area contributed by atoms with Gasteiger partial charge < -0.3 is 5.32 Å². The first-order chi connectivity index (χ1) is 9.19. The van der Waals surface area contributed by atoms with Gasteiger partial charge in [0, 0.05) is 31.6 Å². The third-order valence-corrected chi connectivity index (χ3v) is 3.93. The van der Waals surface area contributed by atoms with E-state index >= 15 is 0 Å². The lowest BCUT2D eigenvalue weighted by atomic mass is 10.1. The number of nitrogens with one attached hydrogen (secondary N) is 1. The Balaban J connectivity index is 1.79. The highest BCUT2D eigenvalue weighted by atomic mass is 16.1. The van der Waals surface area contributed by atoms with Crippen LogP contribution in [0.4, 0.5) is 0 Å². The van der Waals surface area contributed by atoms with Gasteiger partial charge in [-0.2, -0.15) is 0 Å². The van der Waals surface area contributed by atoms with Gasteiger partial charge in [0.1, 0.15) is 0 Å². The summed E-state index contributed by atoms with van der Waals surface area (Å²) in [5, 5.41) is 3.16. The fourth-order valence-electron chi connectivity index (χ4n) is 2.46. The summed E-state index contributed by atoms with van der Waals surface area (Å²) < 4.78 is 0. The Kier molecular flexibility index (Phi) is 4.97. The van der Waals surface area contributed by atoms with Gasteiger partial charge in [0.15, 0.2) is 0 Å². The van der Waals surface area contributed by atoms with Gasteiger partial charge >= 0.3 is 0 Å². The molecule has 1 aromatic rings. The van der Waals surface area contributed by atoms with Crippen molar-refractivity contribution in [1.82, 2.24) is 10.2 Å². The van der Waals surface area contributed by atoms with Crippen molar-refractivity contribution >= 4 is 5.91 Å². The molecule has 0 saturated carbocycles. The van der Waals surface area contributed by atoms with Crippen LogP contribution >= 0.6 is 0 Å². The van der Waals surface area contributed by atoms with Gasteiger partial charge in [-0.1, -0.05) is 44.2 Å². The normalized spacial score (nSPS) is 21.3. The number of rotatable bonds is 5. The number of carbonyl (C=O) groups is 1. The number of hydrogen-bond acceptors (Lipinski definition) is 2. The Morgan fingerprint density at radius 3 is 2.84 bits per heavy atom. The van der Waals surface area contributed by atoms with Gasteiger partial charge in [-0.3, -0.25) is 9.69 Å². The van der Waals surface area contributed by atoms with Gasteiger partial charge in [0.25, 0.3) is 0 Å². The lowest BCUT2D eigenvalue weighted by Crippen LogP contribution is -2.39. The minimum Gasteiger partial charge on any atom is -0.352 e. The third-order valence-electron chi connectivity index (χ3n) is 3.93. The van der Waals surface area contributed by atoms with Crippen molar-refractivity contribution in [2.45, 2.75) is 39.3 Å². The molecule has 3 heteroatoms. The van der Waals surface area contributed by atoms with Gasteiger partial charge in [0.05, 0.1) is 0 Å². The van der Waals surface area contributed by atoms with Crippen LogP contribution in [0.15, 0.2) is 30.3 Å². The number of hydrogen-bond donors (Lipinski definition) is 1. The lowest BCUT2D eigenvalue weighted by molar-refractivity contribution is -0.125. The number of benzene rings is 1. The molecule has 1 aliphatic rings. The van der Waals surface area contributed by atoms with Crippen LogP contribution in [0.2, 0.25) is 0 Å². The van der Waals surface area contributed by atoms with Gasteiger partial charge in [-0.05, 0) is 18.4 Å². The molecule has 1 N–H and O–H groups in total. The molecule has 1 amide bonds. The standard InChI is InChI=1S/C16H24N2O/c1-3-13(2)16(19)17-15-9-10-18(12-15)11-14-7-5-4-6-8-14/h4-8,13,15H,3,9-12H2,1-2H3,(H,17,19)/t13-,15-/m1/s1. The summed E-state index contributed by atoms with van der Waals surface area (Å²) in [5.41, 5.74) is 1.34. The zero-order valence-corrected chi connectivity index (χ0v) is 11.9. The van der Waals surface area contributed by atoms with Crippen molar-refractivity contribution in [3.05, 3.63) is 35.9 Å². The molecule has 1 aromatic carbocycles. The third kappa shape index (κ3) is 4.06. The van der Waals surface area contributed by atoms with E-state index in [0.29, 0.717) is 6.04 Å². The van der Waals surface area contributed by atoms with Crippen LogP contribution in [0.3, 0.4) is 0 Å². The van der Waals surface area contributed by atoms with Crippen molar-refractivity contribution in [3.63, 3.8) is 0 Å². The summed E-state index contributed by atoms with van der Waals surface area (Å²) in [7, 11) is 0. The predicted molar refractivity (Wildman–Crippen MR) is 77.7 cm³/mol. The van der Waals surface area contributed by atoms with E-state index in [1.54, 1.807) is 0 Å². The number of carbonyl (C=O) groups excluding carboxylic acids is 1. The van der Waals surface area contributed by atoms with Crippen LogP contribution < -0.4 is 5.32 Å². The molecule has 0 aromatic heterocycles. The van der Waals surface area contributed by atoms with E-state index in [2.05, 4.69) is 41.4 Å². The Bertz CT molecular complexity index is 404. The largest absolute Gasteiger partial charge is 0.352 e. The Morgan fingerprint density at radius 1 is 1.42 bits per heavy atom. The SMILES string of the molecule is CC[C@@H](C)C(=O)N[C@@H]1CCN(Cc2ccccc2)C1. The average molecular weight is 260 g/mol. The van der Waals surface area contributed by atoms with E-state index in [9.17, 15) is 4.79 Å². The molecule has 0 spiro atoms. The second-order valence-electron chi connectivity index (χ2n) is 5.52. The minimum atomic E-state index is 0.128. The monoisotopic (exact) mass is 260 g/mol. The molecule has 19 heavy (non-hydrogen) atoms. The Hall–Kier alpha value is -1.35. The van der Waals surface area contributed by atoms with Crippen molar-refractivity contribution in [2.24, 2.45) is 5.92 Å². The van der Waals surface area contributed by atoms with Gasteiger partial charge in [-0.25, -0.2) is 0 Å². The molecule has 1 heterocycles. The Morgan fingerprint density at radius 2 is 2.16 bits per heavy atom. The van der Waals surface area contributed by atoms with Crippen LogP contribution in [0, 0.1) is 5.92 Å². The molecule has 0 bridgehead atoms. The summed E-state index contributed by atoms with van der Waals surface area (Å²) >= 11 is 0. The van der Waals surface area contributed by atoms with E-state index in [1.807, 2.05) is 13.0 Å². The summed E-state index contributed by atoms with van der Waals surface area (Å²) in [4.78, 5) is 14.3. The molecule has 1 aliphatic heterocycles. The molecule has 0 aliphatic carbocycles. The highest BCUT2D eigenvalue weighted by Gasteiger charge is 2.24. The molecule has 3 nitrogen and oxygen atoms in total. The second kappa shape index (κ2) is 6.71. The van der Waals surface area contributed by atoms with Crippen molar-refractivity contribution in [1.29, 1.82) is 0 Å². The van der Waals surface area contributed by atoms with Crippen LogP contribution in [0.25, 0.3) is 0 Å². The fraction of sp³-hybridized carbons (Fsp3) is 0.562. The van der Waals surface area contributed by atoms with E-state index < -0.39 is 0 Å². The van der Waals surface area contributed by atoms with E-state index in [0.717, 1.165) is 32.5 Å². The van der Waals surface area contributed by atoms with Gasteiger partial charge in [0.2, 0.25) is 5.91 Å². The van der Waals surface area contributed by atoms with Gasteiger partial charge in [-0.15, -0.1) is 0 Å².